The van der Waals surface area contributed by atoms with Gasteiger partial charge in [-0.05, 0) is 30.9 Å². The minimum Gasteiger partial charge on any atom is -0.304 e. The highest BCUT2D eigenvalue weighted by atomic mass is 32.2. The summed E-state index contributed by atoms with van der Waals surface area (Å²) in [5.74, 6) is 0. The molecule has 2 nitrogen and oxygen atoms in total. The van der Waals surface area contributed by atoms with E-state index in [1.165, 1.54) is 10.5 Å². The summed E-state index contributed by atoms with van der Waals surface area (Å²) in [5.41, 5.74) is 1.32. The number of hydrogen-bond donors (Lipinski definition) is 1. The number of nitrogens with zero attached hydrogens (tertiary/aromatic N) is 1. The standard InChI is InChI=1S/C13H16N2S2/c1-10(15-9-13-14-7-8-17-13)11-3-5-12(16-2)6-4-11/h3-8,10,15H,9H2,1-2H3. The highest BCUT2D eigenvalue weighted by Crippen LogP contribution is 2.19. The summed E-state index contributed by atoms with van der Waals surface area (Å²) in [7, 11) is 0. The van der Waals surface area contributed by atoms with Crippen LogP contribution in [0.15, 0.2) is 40.7 Å². The fraction of sp³-hybridized carbons (Fsp3) is 0.308. The van der Waals surface area contributed by atoms with Gasteiger partial charge in [0.15, 0.2) is 0 Å². The molecule has 2 aromatic rings. The number of nitrogens with one attached hydrogen (secondary N) is 1. The van der Waals surface area contributed by atoms with Gasteiger partial charge in [-0.1, -0.05) is 12.1 Å². The van der Waals surface area contributed by atoms with Crippen molar-refractivity contribution in [1.29, 1.82) is 0 Å². The quantitative estimate of drug-likeness (QED) is 0.833. The maximum atomic E-state index is 4.26. The molecule has 4 heteroatoms. The van der Waals surface area contributed by atoms with Gasteiger partial charge in [-0.15, -0.1) is 23.1 Å². The first-order chi connectivity index (χ1) is 8.29. The normalized spacial score (nSPS) is 12.6. The van der Waals surface area contributed by atoms with Crippen LogP contribution in [0.3, 0.4) is 0 Å². The molecule has 0 saturated carbocycles. The molecule has 0 bridgehead atoms. The Bertz CT molecular complexity index is 437. The summed E-state index contributed by atoms with van der Waals surface area (Å²) in [6, 6.07) is 9.06. The van der Waals surface area contributed by atoms with Gasteiger partial charge in [0.25, 0.3) is 0 Å². The molecule has 0 aliphatic heterocycles. The first kappa shape index (κ1) is 12.6. The molecular formula is C13H16N2S2. The summed E-state index contributed by atoms with van der Waals surface area (Å²) in [6.45, 7) is 3.02. The Hall–Kier alpha value is -0.840. The second-order valence-electron chi connectivity index (χ2n) is 3.80. The Balaban J connectivity index is 1.92. The van der Waals surface area contributed by atoms with E-state index in [1.807, 2.05) is 11.6 Å². The largest absolute Gasteiger partial charge is 0.304 e. The Morgan fingerprint density at radius 2 is 2.12 bits per heavy atom. The van der Waals surface area contributed by atoms with Crippen molar-refractivity contribution in [3.63, 3.8) is 0 Å². The second-order valence-corrected chi connectivity index (χ2v) is 5.66. The van der Waals surface area contributed by atoms with Gasteiger partial charge in [-0.2, -0.15) is 0 Å². The zero-order valence-corrected chi connectivity index (χ0v) is 11.6. The predicted octanol–water partition coefficient (Wildman–Crippen LogP) is 3.72. The second kappa shape index (κ2) is 6.19. The van der Waals surface area contributed by atoms with Crippen LogP contribution in [0.2, 0.25) is 0 Å². The molecule has 0 aliphatic carbocycles. The van der Waals surface area contributed by atoms with Crippen molar-refractivity contribution in [2.45, 2.75) is 24.4 Å². The fourth-order valence-corrected chi connectivity index (χ4v) is 2.57. The molecule has 1 unspecified atom stereocenters. The molecule has 1 heterocycles. The van der Waals surface area contributed by atoms with Gasteiger partial charge < -0.3 is 5.32 Å². The molecule has 1 N–H and O–H groups in total. The van der Waals surface area contributed by atoms with Crippen LogP contribution in [-0.4, -0.2) is 11.2 Å². The zero-order valence-electron chi connectivity index (χ0n) is 10.0. The van der Waals surface area contributed by atoms with Gasteiger partial charge in [0.05, 0.1) is 0 Å². The average molecular weight is 264 g/mol. The lowest BCUT2D eigenvalue weighted by Crippen LogP contribution is -2.17. The lowest BCUT2D eigenvalue weighted by molar-refractivity contribution is 0.573. The maximum absolute atomic E-state index is 4.26. The molecule has 0 saturated heterocycles. The van der Waals surface area contributed by atoms with E-state index in [-0.39, 0.29) is 0 Å². The fourth-order valence-electron chi connectivity index (χ4n) is 1.59. The van der Waals surface area contributed by atoms with Crippen LogP contribution >= 0.6 is 23.1 Å². The molecule has 1 atom stereocenters. The van der Waals surface area contributed by atoms with E-state index in [0.717, 1.165) is 11.6 Å². The lowest BCUT2D eigenvalue weighted by Gasteiger charge is -2.13. The van der Waals surface area contributed by atoms with Crippen molar-refractivity contribution in [3.05, 3.63) is 46.4 Å². The third-order valence-corrected chi connectivity index (χ3v) is 4.18. The molecule has 2 rings (SSSR count). The molecule has 1 aromatic carbocycles. The maximum Gasteiger partial charge on any atom is 0.106 e. The SMILES string of the molecule is CSc1ccc(C(C)NCc2nccs2)cc1. The summed E-state index contributed by atoms with van der Waals surface area (Å²) in [4.78, 5) is 5.57. The summed E-state index contributed by atoms with van der Waals surface area (Å²) < 4.78 is 0. The number of thioether (sulfide) groups is 1. The van der Waals surface area contributed by atoms with E-state index in [9.17, 15) is 0 Å². The number of thiazole rings is 1. The summed E-state index contributed by atoms with van der Waals surface area (Å²) >= 11 is 3.46. The van der Waals surface area contributed by atoms with Crippen LogP contribution in [0, 0.1) is 0 Å². The van der Waals surface area contributed by atoms with E-state index in [1.54, 1.807) is 23.1 Å². The van der Waals surface area contributed by atoms with Crippen LogP contribution in [0.25, 0.3) is 0 Å². The molecule has 0 radical (unpaired) electrons. The van der Waals surface area contributed by atoms with Gasteiger partial charge in [0.1, 0.15) is 5.01 Å². The molecule has 0 amide bonds. The van der Waals surface area contributed by atoms with Crippen LogP contribution in [0.5, 0.6) is 0 Å². The molecule has 0 fully saturated rings. The van der Waals surface area contributed by atoms with Crippen molar-refractivity contribution in [3.8, 4) is 0 Å². The van der Waals surface area contributed by atoms with E-state index >= 15 is 0 Å². The van der Waals surface area contributed by atoms with Crippen molar-refractivity contribution < 1.29 is 0 Å². The Kier molecular flexibility index (Phi) is 4.59. The molecule has 0 aliphatic rings. The van der Waals surface area contributed by atoms with E-state index in [4.69, 9.17) is 0 Å². The highest BCUT2D eigenvalue weighted by molar-refractivity contribution is 7.98. The smallest absolute Gasteiger partial charge is 0.106 e. The van der Waals surface area contributed by atoms with Crippen molar-refractivity contribution in [2.24, 2.45) is 0 Å². The Labute approximate surface area is 110 Å². The number of aromatic nitrogens is 1. The third-order valence-electron chi connectivity index (χ3n) is 2.66. The first-order valence-corrected chi connectivity index (χ1v) is 7.65. The monoisotopic (exact) mass is 264 g/mol. The average Bonchev–Trinajstić information content (AvgIpc) is 2.89. The first-order valence-electron chi connectivity index (χ1n) is 5.55. The Morgan fingerprint density at radius 1 is 1.35 bits per heavy atom. The van der Waals surface area contributed by atoms with E-state index in [0.29, 0.717) is 6.04 Å². The number of hydrogen-bond acceptors (Lipinski definition) is 4. The van der Waals surface area contributed by atoms with Crippen molar-refractivity contribution >= 4 is 23.1 Å². The molecule has 17 heavy (non-hydrogen) atoms. The third kappa shape index (κ3) is 3.56. The number of rotatable bonds is 5. The van der Waals surface area contributed by atoms with Gasteiger partial charge >= 0.3 is 0 Å². The number of benzene rings is 1. The zero-order chi connectivity index (χ0) is 12.1. The van der Waals surface area contributed by atoms with Gasteiger partial charge in [-0.25, -0.2) is 4.98 Å². The van der Waals surface area contributed by atoms with Gasteiger partial charge in [0.2, 0.25) is 0 Å². The lowest BCUT2D eigenvalue weighted by atomic mass is 10.1. The predicted molar refractivity (Wildman–Crippen MR) is 75.6 cm³/mol. The minimum absolute atomic E-state index is 0.356. The molecule has 1 aromatic heterocycles. The van der Waals surface area contributed by atoms with Crippen LogP contribution in [-0.2, 0) is 6.54 Å². The van der Waals surface area contributed by atoms with Gasteiger partial charge in [0, 0.05) is 29.1 Å². The summed E-state index contributed by atoms with van der Waals surface area (Å²) in [6.07, 6.45) is 3.94. The van der Waals surface area contributed by atoms with Crippen molar-refractivity contribution in [2.75, 3.05) is 6.26 Å². The van der Waals surface area contributed by atoms with E-state index in [2.05, 4.69) is 47.7 Å². The van der Waals surface area contributed by atoms with Crippen LogP contribution in [0.1, 0.15) is 23.5 Å². The van der Waals surface area contributed by atoms with Gasteiger partial charge in [-0.3, -0.25) is 0 Å². The summed E-state index contributed by atoms with van der Waals surface area (Å²) in [5, 5.41) is 6.63. The van der Waals surface area contributed by atoms with Crippen LogP contribution < -0.4 is 5.32 Å². The van der Waals surface area contributed by atoms with Crippen LogP contribution in [0.4, 0.5) is 0 Å². The molecular weight excluding hydrogens is 248 g/mol. The minimum atomic E-state index is 0.356. The Morgan fingerprint density at radius 3 is 2.71 bits per heavy atom. The van der Waals surface area contributed by atoms with E-state index < -0.39 is 0 Å². The van der Waals surface area contributed by atoms with Crippen molar-refractivity contribution in [1.82, 2.24) is 10.3 Å². The highest BCUT2D eigenvalue weighted by Gasteiger charge is 2.05. The topological polar surface area (TPSA) is 24.9 Å². The molecule has 0 spiro atoms. The molecule has 90 valence electrons.